The van der Waals surface area contributed by atoms with Crippen molar-refractivity contribution in [1.82, 2.24) is 0 Å². The fourth-order valence-corrected chi connectivity index (χ4v) is 3.46. The van der Waals surface area contributed by atoms with E-state index >= 15 is 0 Å². The number of nitrogens with one attached hydrogen (secondary N) is 2. The van der Waals surface area contributed by atoms with E-state index in [1.165, 1.54) is 6.42 Å². The highest BCUT2D eigenvalue weighted by Gasteiger charge is 2.21. The third kappa shape index (κ3) is 5.95. The van der Waals surface area contributed by atoms with Crippen LogP contribution in [0, 0.1) is 5.92 Å². The Hall–Kier alpha value is -3.08. The highest BCUT2D eigenvalue weighted by Crippen LogP contribution is 2.26. The molecule has 5 nitrogen and oxygen atoms in total. The molecular formula is C24H28N2O3. The molecule has 0 aliphatic heterocycles. The average molecular weight is 392 g/mol. The number of carbonyl (C=O) groups is 2. The molecule has 0 atom stereocenters. The van der Waals surface area contributed by atoms with Crippen molar-refractivity contribution in [2.45, 2.75) is 39.0 Å². The zero-order chi connectivity index (χ0) is 20.6. The Morgan fingerprint density at radius 1 is 1.00 bits per heavy atom. The second-order valence-corrected chi connectivity index (χ2v) is 7.60. The zero-order valence-corrected chi connectivity index (χ0v) is 16.9. The molecule has 1 aliphatic rings. The summed E-state index contributed by atoms with van der Waals surface area (Å²) < 4.78 is 5.68. The van der Waals surface area contributed by atoms with Crippen molar-refractivity contribution < 1.29 is 14.3 Å². The van der Waals surface area contributed by atoms with Crippen LogP contribution in [-0.4, -0.2) is 18.4 Å². The molecule has 2 amide bonds. The summed E-state index contributed by atoms with van der Waals surface area (Å²) >= 11 is 0. The molecule has 2 aromatic carbocycles. The van der Waals surface area contributed by atoms with Crippen LogP contribution in [-0.2, 0) is 4.79 Å². The van der Waals surface area contributed by atoms with E-state index in [-0.39, 0.29) is 17.7 Å². The molecular weight excluding hydrogens is 364 g/mol. The SMILES string of the molecule is C=C(C)COc1ccccc1C(=O)Nc1cccc(NC(=O)C2CCCCC2)c1. The topological polar surface area (TPSA) is 67.4 Å². The minimum Gasteiger partial charge on any atom is -0.488 e. The van der Waals surface area contributed by atoms with Crippen LogP contribution in [0.3, 0.4) is 0 Å². The third-order valence-corrected chi connectivity index (χ3v) is 4.97. The Bertz CT molecular complexity index is 885. The summed E-state index contributed by atoms with van der Waals surface area (Å²) in [6.45, 7) is 6.04. The van der Waals surface area contributed by atoms with Gasteiger partial charge in [-0.3, -0.25) is 9.59 Å². The van der Waals surface area contributed by atoms with Gasteiger partial charge in [-0.15, -0.1) is 0 Å². The molecule has 3 rings (SSSR count). The van der Waals surface area contributed by atoms with E-state index in [0.29, 0.717) is 29.3 Å². The molecule has 1 saturated carbocycles. The van der Waals surface area contributed by atoms with Gasteiger partial charge in [-0.05, 0) is 55.7 Å². The van der Waals surface area contributed by atoms with E-state index in [1.54, 1.807) is 30.3 Å². The van der Waals surface area contributed by atoms with Gasteiger partial charge in [0.25, 0.3) is 5.91 Å². The van der Waals surface area contributed by atoms with Crippen LogP contribution < -0.4 is 15.4 Å². The summed E-state index contributed by atoms with van der Waals surface area (Å²) in [4.78, 5) is 25.2. The van der Waals surface area contributed by atoms with E-state index in [9.17, 15) is 9.59 Å². The molecule has 1 aliphatic carbocycles. The van der Waals surface area contributed by atoms with E-state index in [1.807, 2.05) is 25.1 Å². The third-order valence-electron chi connectivity index (χ3n) is 4.97. The second-order valence-electron chi connectivity index (χ2n) is 7.60. The van der Waals surface area contributed by atoms with Crippen LogP contribution in [0.15, 0.2) is 60.7 Å². The molecule has 0 spiro atoms. The molecule has 2 aromatic rings. The van der Waals surface area contributed by atoms with Gasteiger partial charge in [0.15, 0.2) is 0 Å². The van der Waals surface area contributed by atoms with E-state index in [2.05, 4.69) is 17.2 Å². The highest BCUT2D eigenvalue weighted by molar-refractivity contribution is 6.06. The van der Waals surface area contributed by atoms with Crippen LogP contribution in [0.1, 0.15) is 49.4 Å². The van der Waals surface area contributed by atoms with E-state index < -0.39 is 0 Å². The summed E-state index contributed by atoms with van der Waals surface area (Å²) in [5.74, 6) is 0.388. The first kappa shape index (κ1) is 20.6. The first-order valence-electron chi connectivity index (χ1n) is 10.1. The fraction of sp³-hybridized carbons (Fsp3) is 0.333. The number of amides is 2. The van der Waals surface area contributed by atoms with Crippen molar-refractivity contribution in [3.05, 3.63) is 66.2 Å². The molecule has 5 heteroatoms. The minimum atomic E-state index is -0.266. The maximum absolute atomic E-state index is 12.8. The van der Waals surface area contributed by atoms with Crippen LogP contribution in [0.25, 0.3) is 0 Å². The summed E-state index contributed by atoms with van der Waals surface area (Å²) in [5.41, 5.74) is 2.63. The minimum absolute atomic E-state index is 0.0618. The predicted octanol–water partition coefficient (Wildman–Crippen LogP) is 5.41. The average Bonchev–Trinajstić information content (AvgIpc) is 2.73. The van der Waals surface area contributed by atoms with Crippen LogP contribution in [0.5, 0.6) is 5.75 Å². The van der Waals surface area contributed by atoms with Crippen molar-refractivity contribution in [2.24, 2.45) is 5.92 Å². The van der Waals surface area contributed by atoms with Gasteiger partial charge in [-0.2, -0.15) is 0 Å². The summed E-state index contributed by atoms with van der Waals surface area (Å²) in [6.07, 6.45) is 5.33. The molecule has 0 bridgehead atoms. The van der Waals surface area contributed by atoms with Crippen molar-refractivity contribution in [1.29, 1.82) is 0 Å². The van der Waals surface area contributed by atoms with Crippen molar-refractivity contribution >= 4 is 23.2 Å². The summed E-state index contributed by atoms with van der Waals surface area (Å²) in [5, 5.41) is 5.87. The fourth-order valence-electron chi connectivity index (χ4n) is 3.46. The molecule has 0 heterocycles. The Labute approximate surface area is 172 Å². The van der Waals surface area contributed by atoms with Gasteiger partial charge in [0, 0.05) is 17.3 Å². The molecule has 0 saturated heterocycles. The van der Waals surface area contributed by atoms with Gasteiger partial charge in [0.05, 0.1) is 5.56 Å². The number of hydrogen-bond donors (Lipinski definition) is 2. The number of anilines is 2. The summed E-state index contributed by atoms with van der Waals surface area (Å²) in [7, 11) is 0. The number of benzene rings is 2. The Morgan fingerprint density at radius 3 is 2.41 bits per heavy atom. The molecule has 0 unspecified atom stereocenters. The molecule has 0 radical (unpaired) electrons. The molecule has 1 fully saturated rings. The Kier molecular flexibility index (Phi) is 7.06. The molecule has 2 N–H and O–H groups in total. The molecule has 29 heavy (non-hydrogen) atoms. The summed E-state index contributed by atoms with van der Waals surface area (Å²) in [6, 6.07) is 14.3. The Balaban J connectivity index is 1.66. The number of carbonyl (C=O) groups excluding carboxylic acids is 2. The number of para-hydroxylation sites is 1. The monoisotopic (exact) mass is 392 g/mol. The van der Waals surface area contributed by atoms with E-state index in [4.69, 9.17) is 4.74 Å². The highest BCUT2D eigenvalue weighted by atomic mass is 16.5. The maximum Gasteiger partial charge on any atom is 0.259 e. The van der Waals surface area contributed by atoms with Crippen LogP contribution in [0.2, 0.25) is 0 Å². The normalized spacial score (nSPS) is 14.1. The first-order valence-corrected chi connectivity index (χ1v) is 10.1. The predicted molar refractivity (Wildman–Crippen MR) is 116 cm³/mol. The van der Waals surface area contributed by atoms with Crippen molar-refractivity contribution in [3.8, 4) is 5.75 Å². The van der Waals surface area contributed by atoms with Gasteiger partial charge in [-0.25, -0.2) is 0 Å². The number of hydrogen-bond acceptors (Lipinski definition) is 3. The maximum atomic E-state index is 12.8. The van der Waals surface area contributed by atoms with Gasteiger partial charge in [0.1, 0.15) is 12.4 Å². The van der Waals surface area contributed by atoms with Crippen LogP contribution in [0.4, 0.5) is 11.4 Å². The van der Waals surface area contributed by atoms with Crippen LogP contribution >= 0.6 is 0 Å². The zero-order valence-electron chi connectivity index (χ0n) is 16.9. The second kappa shape index (κ2) is 9.92. The van der Waals surface area contributed by atoms with Gasteiger partial charge >= 0.3 is 0 Å². The lowest BCUT2D eigenvalue weighted by Crippen LogP contribution is -2.24. The quantitative estimate of drug-likeness (QED) is 0.619. The van der Waals surface area contributed by atoms with Gasteiger partial charge < -0.3 is 15.4 Å². The smallest absolute Gasteiger partial charge is 0.259 e. The Morgan fingerprint density at radius 2 is 1.69 bits per heavy atom. The number of ether oxygens (including phenoxy) is 1. The van der Waals surface area contributed by atoms with Gasteiger partial charge in [-0.1, -0.05) is 44.0 Å². The lowest BCUT2D eigenvalue weighted by Gasteiger charge is -2.21. The first-order chi connectivity index (χ1) is 14.0. The van der Waals surface area contributed by atoms with E-state index in [0.717, 1.165) is 31.3 Å². The van der Waals surface area contributed by atoms with Crippen molar-refractivity contribution in [3.63, 3.8) is 0 Å². The lowest BCUT2D eigenvalue weighted by atomic mass is 9.88. The lowest BCUT2D eigenvalue weighted by molar-refractivity contribution is -0.120. The number of rotatable bonds is 7. The van der Waals surface area contributed by atoms with Crippen molar-refractivity contribution in [2.75, 3.05) is 17.2 Å². The standard InChI is InChI=1S/C24H28N2O3/c1-17(2)16-29-22-14-7-6-13-21(22)24(28)26-20-12-8-11-19(15-20)25-23(27)18-9-4-3-5-10-18/h6-8,11-15,18H,1,3-5,9-10,16H2,2H3,(H,25,27)(H,26,28). The van der Waals surface area contributed by atoms with Gasteiger partial charge in [0.2, 0.25) is 5.91 Å². The largest absolute Gasteiger partial charge is 0.488 e. The molecule has 152 valence electrons. The molecule has 0 aromatic heterocycles.